The number of carboxylic acids is 1. The van der Waals surface area contributed by atoms with Gasteiger partial charge in [0.05, 0.1) is 17.4 Å². The Kier molecular flexibility index (Phi) is 3.99. The van der Waals surface area contributed by atoms with Crippen molar-refractivity contribution in [3.05, 3.63) is 45.1 Å². The molecule has 1 aliphatic carbocycles. The number of carboxylic acid groups (broad SMARTS) is 1. The first-order chi connectivity index (χ1) is 12.4. The molecule has 0 spiro atoms. The average molecular weight is 359 g/mol. The third-order valence-electron chi connectivity index (χ3n) is 5.55. The summed E-state index contributed by atoms with van der Waals surface area (Å²) in [6, 6.07) is 1.62. The minimum atomic E-state index is -1.28. The van der Waals surface area contributed by atoms with Gasteiger partial charge in [-0.05, 0) is 55.7 Å². The van der Waals surface area contributed by atoms with Crippen LogP contribution in [0.25, 0.3) is 5.52 Å². The van der Waals surface area contributed by atoms with Gasteiger partial charge >= 0.3 is 5.97 Å². The molecule has 0 amide bonds. The Bertz CT molecular complexity index is 957. The molecule has 0 atom stereocenters. The van der Waals surface area contributed by atoms with Gasteiger partial charge in [0.2, 0.25) is 0 Å². The van der Waals surface area contributed by atoms with Crippen LogP contribution in [-0.4, -0.2) is 34.6 Å². The first-order valence-corrected chi connectivity index (χ1v) is 9.00. The third kappa shape index (κ3) is 2.67. The van der Waals surface area contributed by atoms with E-state index in [2.05, 4.69) is 0 Å². The minimum Gasteiger partial charge on any atom is -0.477 e. The van der Waals surface area contributed by atoms with Gasteiger partial charge < -0.3 is 15.7 Å². The Labute approximate surface area is 150 Å². The molecular weight excluding hydrogens is 337 g/mol. The maximum Gasteiger partial charge on any atom is 0.341 e. The SMILES string of the molecule is Cc1c(N2CCC(N)CC2)c(F)cn2c(=O)c(C(=O)O)cc(C3CC3)c12. The fourth-order valence-electron chi connectivity index (χ4n) is 4.01. The predicted molar refractivity (Wildman–Crippen MR) is 96.7 cm³/mol. The second-order valence-electron chi connectivity index (χ2n) is 7.39. The highest BCUT2D eigenvalue weighted by molar-refractivity contribution is 5.89. The van der Waals surface area contributed by atoms with Crippen LogP contribution in [0.1, 0.15) is 53.1 Å². The normalized spacial score (nSPS) is 18.5. The second-order valence-corrected chi connectivity index (χ2v) is 7.39. The van der Waals surface area contributed by atoms with E-state index in [0.29, 0.717) is 29.9 Å². The van der Waals surface area contributed by atoms with E-state index in [-0.39, 0.29) is 17.5 Å². The monoisotopic (exact) mass is 359 g/mol. The van der Waals surface area contributed by atoms with Gasteiger partial charge in [0.1, 0.15) is 5.56 Å². The first-order valence-electron chi connectivity index (χ1n) is 9.00. The number of nitrogens with zero attached hydrogens (tertiary/aromatic N) is 2. The van der Waals surface area contributed by atoms with Gasteiger partial charge in [-0.25, -0.2) is 9.18 Å². The van der Waals surface area contributed by atoms with Crippen molar-refractivity contribution in [2.45, 2.75) is 44.6 Å². The summed E-state index contributed by atoms with van der Waals surface area (Å²) in [6.45, 7) is 3.16. The van der Waals surface area contributed by atoms with Crippen LogP contribution in [0.3, 0.4) is 0 Å². The number of piperidine rings is 1. The Morgan fingerprint density at radius 2 is 1.92 bits per heavy atom. The van der Waals surface area contributed by atoms with Gasteiger partial charge in [0, 0.05) is 19.1 Å². The molecule has 6 nitrogen and oxygen atoms in total. The van der Waals surface area contributed by atoms with Crippen LogP contribution in [0.5, 0.6) is 0 Å². The molecule has 138 valence electrons. The van der Waals surface area contributed by atoms with E-state index in [0.717, 1.165) is 37.4 Å². The molecule has 1 aliphatic heterocycles. The highest BCUT2D eigenvalue weighted by atomic mass is 19.1. The van der Waals surface area contributed by atoms with Crippen molar-refractivity contribution in [2.24, 2.45) is 5.73 Å². The van der Waals surface area contributed by atoms with E-state index in [1.807, 2.05) is 11.8 Å². The lowest BCUT2D eigenvalue weighted by Gasteiger charge is -2.33. The predicted octanol–water partition coefficient (Wildman–Crippen LogP) is 2.25. The smallest absolute Gasteiger partial charge is 0.341 e. The minimum absolute atomic E-state index is 0.137. The molecule has 2 aromatic rings. The number of pyridine rings is 2. The maximum absolute atomic E-state index is 14.9. The largest absolute Gasteiger partial charge is 0.477 e. The number of fused-ring (bicyclic) bond motifs is 1. The lowest BCUT2D eigenvalue weighted by molar-refractivity contribution is 0.0694. The van der Waals surface area contributed by atoms with Gasteiger partial charge in [-0.3, -0.25) is 9.20 Å². The fourth-order valence-corrected chi connectivity index (χ4v) is 4.01. The summed E-state index contributed by atoms with van der Waals surface area (Å²) in [4.78, 5) is 26.0. The molecule has 4 rings (SSSR count). The number of aryl methyl sites for hydroxylation is 1. The number of aromatic nitrogens is 1. The number of nitrogens with two attached hydrogens (primary N) is 1. The highest BCUT2D eigenvalue weighted by Gasteiger charge is 2.31. The second kappa shape index (κ2) is 6.09. The van der Waals surface area contributed by atoms with Gasteiger partial charge in [-0.1, -0.05) is 0 Å². The van der Waals surface area contributed by atoms with E-state index in [1.165, 1.54) is 10.5 Å². The van der Waals surface area contributed by atoms with Crippen molar-refractivity contribution in [1.82, 2.24) is 4.40 Å². The average Bonchev–Trinajstić information content (AvgIpc) is 3.42. The molecule has 0 unspecified atom stereocenters. The number of aromatic carboxylic acids is 1. The molecule has 1 saturated carbocycles. The molecular formula is C19H22FN3O3. The van der Waals surface area contributed by atoms with E-state index in [1.54, 1.807) is 0 Å². The quantitative estimate of drug-likeness (QED) is 0.878. The van der Waals surface area contributed by atoms with Gasteiger partial charge in [0.25, 0.3) is 5.56 Å². The van der Waals surface area contributed by atoms with Crippen molar-refractivity contribution in [3.8, 4) is 0 Å². The van der Waals surface area contributed by atoms with Crippen molar-refractivity contribution in [3.63, 3.8) is 0 Å². The van der Waals surface area contributed by atoms with Crippen molar-refractivity contribution in [1.29, 1.82) is 0 Å². The zero-order chi connectivity index (χ0) is 18.6. The zero-order valence-corrected chi connectivity index (χ0v) is 14.7. The number of anilines is 1. The van der Waals surface area contributed by atoms with E-state index < -0.39 is 17.3 Å². The van der Waals surface area contributed by atoms with E-state index in [9.17, 15) is 19.1 Å². The molecule has 0 radical (unpaired) electrons. The van der Waals surface area contributed by atoms with Crippen molar-refractivity contribution in [2.75, 3.05) is 18.0 Å². The molecule has 7 heteroatoms. The highest BCUT2D eigenvalue weighted by Crippen LogP contribution is 2.44. The fraction of sp³-hybridized carbons (Fsp3) is 0.474. The summed E-state index contributed by atoms with van der Waals surface area (Å²) >= 11 is 0. The summed E-state index contributed by atoms with van der Waals surface area (Å²) in [7, 11) is 0. The third-order valence-corrected chi connectivity index (χ3v) is 5.55. The zero-order valence-electron chi connectivity index (χ0n) is 14.7. The molecule has 26 heavy (non-hydrogen) atoms. The Hall–Kier alpha value is -2.41. The van der Waals surface area contributed by atoms with Gasteiger partial charge in [0.15, 0.2) is 5.82 Å². The van der Waals surface area contributed by atoms with Crippen LogP contribution in [0.4, 0.5) is 10.1 Å². The molecule has 3 N–H and O–H groups in total. The molecule has 2 aliphatic rings. The van der Waals surface area contributed by atoms with Crippen LogP contribution in [-0.2, 0) is 0 Å². The van der Waals surface area contributed by atoms with Crippen LogP contribution in [0.15, 0.2) is 17.1 Å². The van der Waals surface area contributed by atoms with Gasteiger partial charge in [-0.2, -0.15) is 0 Å². The summed E-state index contributed by atoms with van der Waals surface area (Å²) in [5.74, 6) is -1.55. The summed E-state index contributed by atoms with van der Waals surface area (Å²) in [5.41, 5.74) is 7.63. The molecule has 0 bridgehead atoms. The summed E-state index contributed by atoms with van der Waals surface area (Å²) in [6.07, 6.45) is 4.65. The van der Waals surface area contributed by atoms with Crippen LogP contribution >= 0.6 is 0 Å². The Balaban J connectivity index is 1.97. The van der Waals surface area contributed by atoms with Crippen LogP contribution in [0, 0.1) is 12.7 Å². The standard InChI is InChI=1S/C19H22FN3O3/c1-10-16-13(11-2-3-11)8-14(19(25)26)18(24)23(16)9-15(20)17(10)22-6-4-12(21)5-7-22/h8-9,11-12H,2-7,21H2,1H3,(H,25,26). The lowest BCUT2D eigenvalue weighted by Crippen LogP contribution is -2.40. The molecule has 2 fully saturated rings. The van der Waals surface area contributed by atoms with E-state index in [4.69, 9.17) is 5.73 Å². The molecule has 1 saturated heterocycles. The topological polar surface area (TPSA) is 88.0 Å². The maximum atomic E-state index is 14.9. The van der Waals surface area contributed by atoms with Crippen LogP contribution in [0.2, 0.25) is 0 Å². The number of carbonyl (C=O) groups is 1. The molecule has 0 aromatic carbocycles. The lowest BCUT2D eigenvalue weighted by atomic mass is 10.00. The number of rotatable bonds is 3. The summed E-state index contributed by atoms with van der Waals surface area (Å²) in [5, 5.41) is 9.35. The van der Waals surface area contributed by atoms with Crippen molar-refractivity contribution >= 4 is 17.2 Å². The number of hydrogen-bond acceptors (Lipinski definition) is 4. The Morgan fingerprint density at radius 1 is 1.27 bits per heavy atom. The van der Waals surface area contributed by atoms with E-state index >= 15 is 0 Å². The Morgan fingerprint density at radius 3 is 2.50 bits per heavy atom. The number of halogens is 1. The van der Waals surface area contributed by atoms with Crippen molar-refractivity contribution < 1.29 is 14.3 Å². The summed E-state index contributed by atoms with van der Waals surface area (Å²) < 4.78 is 16.1. The molecule has 2 aromatic heterocycles. The first kappa shape index (κ1) is 17.0. The molecule has 3 heterocycles. The number of hydrogen-bond donors (Lipinski definition) is 2. The van der Waals surface area contributed by atoms with Crippen LogP contribution < -0.4 is 16.2 Å². The van der Waals surface area contributed by atoms with Gasteiger partial charge in [-0.15, -0.1) is 0 Å².